The molecular formula is C26H24BrN3O4. The minimum atomic E-state index is -0.513. The SMILES string of the molecule is COc1ccccc1CNC(=O)c1ccccc1NC(=O)[C@H]1CC(=O)N(c2ccc(Br)cc2)C1. The molecular weight excluding hydrogens is 498 g/mol. The van der Waals surface area contributed by atoms with Crippen molar-refractivity contribution < 1.29 is 19.1 Å². The molecule has 0 aliphatic carbocycles. The van der Waals surface area contributed by atoms with Gasteiger partial charge in [-0.05, 0) is 42.5 Å². The monoisotopic (exact) mass is 521 g/mol. The van der Waals surface area contributed by atoms with E-state index in [2.05, 4.69) is 26.6 Å². The van der Waals surface area contributed by atoms with Crippen molar-refractivity contribution in [1.82, 2.24) is 5.32 Å². The quantitative estimate of drug-likeness (QED) is 0.482. The Labute approximate surface area is 206 Å². The highest BCUT2D eigenvalue weighted by Gasteiger charge is 2.35. The molecule has 0 saturated carbocycles. The number of nitrogens with one attached hydrogen (secondary N) is 2. The number of benzene rings is 3. The molecule has 2 N–H and O–H groups in total. The van der Waals surface area contributed by atoms with Crippen LogP contribution >= 0.6 is 15.9 Å². The van der Waals surface area contributed by atoms with E-state index in [4.69, 9.17) is 4.74 Å². The highest BCUT2D eigenvalue weighted by molar-refractivity contribution is 9.10. The fraction of sp³-hybridized carbons (Fsp3) is 0.192. The molecule has 0 radical (unpaired) electrons. The molecule has 0 bridgehead atoms. The van der Waals surface area contributed by atoms with Crippen LogP contribution in [0.15, 0.2) is 77.3 Å². The first-order valence-electron chi connectivity index (χ1n) is 10.8. The van der Waals surface area contributed by atoms with E-state index in [0.29, 0.717) is 17.0 Å². The lowest BCUT2D eigenvalue weighted by molar-refractivity contribution is -0.122. The number of carbonyl (C=O) groups excluding carboxylic acids is 3. The second-order valence-electron chi connectivity index (χ2n) is 7.91. The lowest BCUT2D eigenvalue weighted by Gasteiger charge is -2.17. The number of anilines is 2. The Hall–Kier alpha value is -3.65. The Morgan fingerprint density at radius 1 is 1.03 bits per heavy atom. The van der Waals surface area contributed by atoms with Crippen molar-refractivity contribution in [2.45, 2.75) is 13.0 Å². The van der Waals surface area contributed by atoms with Crippen molar-refractivity contribution in [2.24, 2.45) is 5.92 Å². The highest BCUT2D eigenvalue weighted by Crippen LogP contribution is 2.28. The maximum Gasteiger partial charge on any atom is 0.253 e. The van der Waals surface area contributed by atoms with Gasteiger partial charge in [-0.15, -0.1) is 0 Å². The maximum atomic E-state index is 13.0. The van der Waals surface area contributed by atoms with Crippen LogP contribution in [-0.2, 0) is 16.1 Å². The number of para-hydroxylation sites is 2. The van der Waals surface area contributed by atoms with E-state index in [1.54, 1.807) is 36.3 Å². The number of hydrogen-bond acceptors (Lipinski definition) is 4. The number of halogens is 1. The Morgan fingerprint density at radius 3 is 2.50 bits per heavy atom. The molecule has 1 aliphatic rings. The smallest absolute Gasteiger partial charge is 0.253 e. The largest absolute Gasteiger partial charge is 0.496 e. The van der Waals surface area contributed by atoms with Gasteiger partial charge in [0, 0.05) is 35.2 Å². The standard InChI is InChI=1S/C26H24BrN3O4/c1-34-23-9-5-2-6-17(23)15-28-26(33)21-7-3-4-8-22(21)29-25(32)18-14-24(31)30(16-18)20-12-10-19(27)11-13-20/h2-13,18H,14-16H2,1H3,(H,28,33)(H,29,32)/t18-/m0/s1. The van der Waals surface area contributed by atoms with Gasteiger partial charge in [-0.3, -0.25) is 14.4 Å². The number of carbonyl (C=O) groups is 3. The summed E-state index contributed by atoms with van der Waals surface area (Å²) in [5.74, 6) is -0.546. The molecule has 34 heavy (non-hydrogen) atoms. The van der Waals surface area contributed by atoms with Gasteiger partial charge in [0.25, 0.3) is 5.91 Å². The van der Waals surface area contributed by atoms with Gasteiger partial charge in [0.2, 0.25) is 11.8 Å². The molecule has 4 rings (SSSR count). The van der Waals surface area contributed by atoms with Gasteiger partial charge in [-0.25, -0.2) is 0 Å². The van der Waals surface area contributed by atoms with Gasteiger partial charge in [0.1, 0.15) is 5.75 Å². The first-order valence-corrected chi connectivity index (χ1v) is 11.6. The van der Waals surface area contributed by atoms with Gasteiger partial charge in [0.15, 0.2) is 0 Å². The van der Waals surface area contributed by atoms with E-state index in [-0.39, 0.29) is 37.2 Å². The number of ether oxygens (including phenoxy) is 1. The summed E-state index contributed by atoms with van der Waals surface area (Å²) in [6, 6.07) is 21.7. The molecule has 7 nitrogen and oxygen atoms in total. The molecule has 3 aromatic carbocycles. The zero-order valence-corrected chi connectivity index (χ0v) is 20.2. The van der Waals surface area contributed by atoms with Crippen LogP contribution in [0.5, 0.6) is 5.75 Å². The summed E-state index contributed by atoms with van der Waals surface area (Å²) in [7, 11) is 1.58. The summed E-state index contributed by atoms with van der Waals surface area (Å²) in [4.78, 5) is 40.0. The van der Waals surface area contributed by atoms with E-state index in [1.807, 2.05) is 48.5 Å². The van der Waals surface area contributed by atoms with Gasteiger partial charge < -0.3 is 20.3 Å². The van der Waals surface area contributed by atoms with Crippen LogP contribution in [0.25, 0.3) is 0 Å². The van der Waals surface area contributed by atoms with Gasteiger partial charge >= 0.3 is 0 Å². The van der Waals surface area contributed by atoms with E-state index in [1.165, 1.54) is 0 Å². The molecule has 1 saturated heterocycles. The summed E-state index contributed by atoms with van der Waals surface area (Å²) < 4.78 is 6.24. The minimum absolute atomic E-state index is 0.106. The van der Waals surface area contributed by atoms with Crippen molar-refractivity contribution in [3.8, 4) is 5.75 Å². The van der Waals surface area contributed by atoms with Crippen LogP contribution in [-0.4, -0.2) is 31.4 Å². The molecule has 1 atom stereocenters. The number of amides is 3. The predicted octanol–water partition coefficient (Wildman–Crippen LogP) is 4.38. The average Bonchev–Trinajstić information content (AvgIpc) is 3.25. The first kappa shape index (κ1) is 23.5. The lowest BCUT2D eigenvalue weighted by Crippen LogP contribution is -2.29. The number of methoxy groups -OCH3 is 1. The van der Waals surface area contributed by atoms with Crippen LogP contribution in [0.2, 0.25) is 0 Å². The zero-order chi connectivity index (χ0) is 24.1. The third-order valence-electron chi connectivity index (χ3n) is 5.70. The summed E-state index contributed by atoms with van der Waals surface area (Å²) in [6.45, 7) is 0.568. The van der Waals surface area contributed by atoms with Crippen LogP contribution in [0, 0.1) is 5.92 Å². The lowest BCUT2D eigenvalue weighted by atomic mass is 10.1. The Morgan fingerprint density at radius 2 is 1.74 bits per heavy atom. The van der Waals surface area contributed by atoms with Crippen LogP contribution in [0.4, 0.5) is 11.4 Å². The third-order valence-corrected chi connectivity index (χ3v) is 6.22. The van der Waals surface area contributed by atoms with Crippen molar-refractivity contribution >= 4 is 45.0 Å². The molecule has 0 aromatic heterocycles. The van der Waals surface area contributed by atoms with Gasteiger partial charge in [0.05, 0.1) is 24.3 Å². The Kier molecular flexibility index (Phi) is 7.27. The van der Waals surface area contributed by atoms with Crippen molar-refractivity contribution in [3.63, 3.8) is 0 Å². The van der Waals surface area contributed by atoms with E-state index < -0.39 is 5.92 Å². The van der Waals surface area contributed by atoms with Gasteiger partial charge in [-0.2, -0.15) is 0 Å². The highest BCUT2D eigenvalue weighted by atomic mass is 79.9. The molecule has 1 heterocycles. The molecule has 3 amide bonds. The van der Waals surface area contributed by atoms with Crippen molar-refractivity contribution in [1.29, 1.82) is 0 Å². The Bertz CT molecular complexity index is 1210. The molecule has 0 unspecified atom stereocenters. The molecule has 174 valence electrons. The predicted molar refractivity (Wildman–Crippen MR) is 134 cm³/mol. The van der Waals surface area contributed by atoms with E-state index in [0.717, 1.165) is 15.7 Å². The second-order valence-corrected chi connectivity index (χ2v) is 8.83. The van der Waals surface area contributed by atoms with Crippen LogP contribution < -0.4 is 20.3 Å². The van der Waals surface area contributed by atoms with E-state index >= 15 is 0 Å². The maximum absolute atomic E-state index is 13.0. The normalized spacial score (nSPS) is 15.2. The molecule has 8 heteroatoms. The molecule has 1 fully saturated rings. The third kappa shape index (κ3) is 5.28. The van der Waals surface area contributed by atoms with Gasteiger partial charge in [-0.1, -0.05) is 46.3 Å². The zero-order valence-electron chi connectivity index (χ0n) is 18.6. The van der Waals surface area contributed by atoms with Crippen molar-refractivity contribution in [3.05, 3.63) is 88.4 Å². The average molecular weight is 522 g/mol. The summed E-state index contributed by atoms with van der Waals surface area (Å²) in [5.41, 5.74) is 2.34. The minimum Gasteiger partial charge on any atom is -0.496 e. The number of rotatable bonds is 7. The summed E-state index contributed by atoms with van der Waals surface area (Å²) >= 11 is 3.38. The first-order chi connectivity index (χ1) is 16.5. The summed E-state index contributed by atoms with van der Waals surface area (Å²) in [6.07, 6.45) is 0.115. The van der Waals surface area contributed by atoms with Crippen LogP contribution in [0.3, 0.4) is 0 Å². The van der Waals surface area contributed by atoms with E-state index in [9.17, 15) is 14.4 Å². The van der Waals surface area contributed by atoms with Crippen molar-refractivity contribution in [2.75, 3.05) is 23.9 Å². The molecule has 3 aromatic rings. The molecule has 0 spiro atoms. The van der Waals surface area contributed by atoms with Crippen LogP contribution in [0.1, 0.15) is 22.3 Å². The Balaban J connectivity index is 1.42. The summed E-state index contributed by atoms with van der Waals surface area (Å²) in [5, 5.41) is 5.72. The molecule has 1 aliphatic heterocycles. The number of nitrogens with zero attached hydrogens (tertiary/aromatic N) is 1. The fourth-order valence-corrected chi connectivity index (χ4v) is 4.16. The topological polar surface area (TPSA) is 87.7 Å². The number of hydrogen-bond donors (Lipinski definition) is 2. The fourth-order valence-electron chi connectivity index (χ4n) is 3.90. The second kappa shape index (κ2) is 10.5.